The molecule has 0 aromatic carbocycles. The lowest BCUT2D eigenvalue weighted by Crippen LogP contribution is -2.66. The number of hydrogen-bond acceptors (Lipinski definition) is 3. The topological polar surface area (TPSA) is 53.6 Å². The first-order valence-corrected chi connectivity index (χ1v) is 9.13. The van der Waals surface area contributed by atoms with E-state index in [0.717, 1.165) is 24.0 Å². The van der Waals surface area contributed by atoms with Crippen molar-refractivity contribution in [3.8, 4) is 0 Å². The van der Waals surface area contributed by atoms with Gasteiger partial charge in [-0.1, -0.05) is 34.1 Å². The third kappa shape index (κ3) is 1.84. The third-order valence-corrected chi connectivity index (χ3v) is 7.92. The molecule has 3 aliphatic carbocycles. The predicted molar refractivity (Wildman–Crippen MR) is 89.1 cm³/mol. The lowest BCUT2D eigenvalue weighted by atomic mass is 9.39. The summed E-state index contributed by atoms with van der Waals surface area (Å²) < 4.78 is 5.47. The van der Waals surface area contributed by atoms with Gasteiger partial charge in [-0.05, 0) is 41.6 Å². The van der Waals surface area contributed by atoms with Crippen molar-refractivity contribution in [2.75, 3.05) is 0 Å². The Bertz CT molecular complexity index is 618. The van der Waals surface area contributed by atoms with Gasteiger partial charge in [0.1, 0.15) is 0 Å². The second-order valence-corrected chi connectivity index (χ2v) is 9.49. The molecule has 0 saturated heterocycles. The molecule has 3 aliphatic rings. The highest BCUT2D eigenvalue weighted by atomic mass is 16.3. The Hall–Kier alpha value is -0.800. The smallest absolute Gasteiger partial charge is 0.0944 e. The van der Waals surface area contributed by atoms with E-state index in [9.17, 15) is 10.2 Å². The Morgan fingerprint density at radius 2 is 1.83 bits per heavy atom. The van der Waals surface area contributed by atoms with Gasteiger partial charge in [0.05, 0.1) is 24.7 Å². The normalized spacial score (nSPS) is 48.3. The average Bonchev–Trinajstić information content (AvgIpc) is 2.90. The predicted octanol–water partition coefficient (Wildman–Crippen LogP) is 3.67. The zero-order valence-electron chi connectivity index (χ0n) is 14.8. The summed E-state index contributed by atoms with van der Waals surface area (Å²) in [6, 6.07) is 0. The van der Waals surface area contributed by atoms with Gasteiger partial charge in [0, 0.05) is 23.3 Å². The summed E-state index contributed by atoms with van der Waals surface area (Å²) in [6.07, 6.45) is 7.81. The van der Waals surface area contributed by atoms with Gasteiger partial charge in [0.15, 0.2) is 0 Å². The van der Waals surface area contributed by atoms with E-state index in [1.807, 2.05) is 6.26 Å². The van der Waals surface area contributed by atoms with Crippen LogP contribution in [0.15, 0.2) is 16.9 Å². The molecule has 3 heteroatoms. The SMILES string of the molecule is CC1(C)CCC[C@]2(C)[C@H]3[C@@H](O)Cc4cocc4[C@]3(C)[C@@H](O)C[C@@H]12. The second kappa shape index (κ2) is 4.64. The molecular weight excluding hydrogens is 288 g/mol. The monoisotopic (exact) mass is 318 g/mol. The Kier molecular flexibility index (Phi) is 3.17. The van der Waals surface area contributed by atoms with E-state index in [4.69, 9.17) is 4.42 Å². The van der Waals surface area contributed by atoms with Gasteiger partial charge in [-0.25, -0.2) is 0 Å². The van der Waals surface area contributed by atoms with Crippen molar-refractivity contribution in [2.45, 2.75) is 77.4 Å². The summed E-state index contributed by atoms with van der Waals surface area (Å²) in [7, 11) is 0. The summed E-state index contributed by atoms with van der Waals surface area (Å²) in [6.45, 7) is 9.23. The zero-order valence-corrected chi connectivity index (χ0v) is 14.8. The van der Waals surface area contributed by atoms with Crippen LogP contribution in [0, 0.1) is 22.7 Å². The van der Waals surface area contributed by atoms with Crippen molar-refractivity contribution in [2.24, 2.45) is 22.7 Å². The molecule has 2 fully saturated rings. The molecule has 3 nitrogen and oxygen atoms in total. The van der Waals surface area contributed by atoms with Gasteiger partial charge in [0.2, 0.25) is 0 Å². The molecule has 128 valence electrons. The molecule has 0 aliphatic heterocycles. The fourth-order valence-electron chi connectivity index (χ4n) is 6.97. The van der Waals surface area contributed by atoms with E-state index < -0.39 is 17.6 Å². The van der Waals surface area contributed by atoms with E-state index in [2.05, 4.69) is 27.7 Å². The maximum absolute atomic E-state index is 11.2. The van der Waals surface area contributed by atoms with Crippen molar-refractivity contribution in [1.82, 2.24) is 0 Å². The van der Waals surface area contributed by atoms with Crippen LogP contribution in [0.3, 0.4) is 0 Å². The largest absolute Gasteiger partial charge is 0.472 e. The van der Waals surface area contributed by atoms with Crippen molar-refractivity contribution in [3.63, 3.8) is 0 Å². The molecule has 1 heterocycles. The highest BCUT2D eigenvalue weighted by molar-refractivity contribution is 5.39. The van der Waals surface area contributed by atoms with Crippen molar-refractivity contribution in [1.29, 1.82) is 0 Å². The van der Waals surface area contributed by atoms with Crippen LogP contribution in [0.5, 0.6) is 0 Å². The minimum Gasteiger partial charge on any atom is -0.472 e. The molecule has 1 aromatic heterocycles. The summed E-state index contributed by atoms with van der Waals surface area (Å²) in [5, 5.41) is 22.3. The minimum atomic E-state index is -0.422. The fourth-order valence-corrected chi connectivity index (χ4v) is 6.97. The van der Waals surface area contributed by atoms with Crippen molar-refractivity contribution < 1.29 is 14.6 Å². The van der Waals surface area contributed by atoms with Crippen LogP contribution in [0.4, 0.5) is 0 Å². The first-order chi connectivity index (χ1) is 10.7. The van der Waals surface area contributed by atoms with Gasteiger partial charge < -0.3 is 14.6 Å². The Morgan fingerprint density at radius 1 is 1.09 bits per heavy atom. The van der Waals surface area contributed by atoms with Gasteiger partial charge >= 0.3 is 0 Å². The van der Waals surface area contributed by atoms with E-state index in [0.29, 0.717) is 12.3 Å². The molecule has 23 heavy (non-hydrogen) atoms. The standard InChI is InChI=1S/C20H30O3/c1-18(2)6-5-7-19(3)15(18)9-16(22)20(4)13-11-23-10-12(13)8-14(21)17(19)20/h10-11,14-17,21-22H,5-9H2,1-4H3/t14-,15-,16-,17+,19-,20+/m0/s1. The van der Waals surface area contributed by atoms with Crippen LogP contribution >= 0.6 is 0 Å². The molecule has 0 unspecified atom stereocenters. The maximum atomic E-state index is 11.2. The lowest BCUT2D eigenvalue weighted by Gasteiger charge is -2.66. The van der Waals surface area contributed by atoms with E-state index in [1.54, 1.807) is 6.26 Å². The lowest BCUT2D eigenvalue weighted by molar-refractivity contribution is -0.187. The molecular formula is C20H30O3. The van der Waals surface area contributed by atoms with E-state index in [1.165, 1.54) is 12.8 Å². The Morgan fingerprint density at radius 3 is 2.57 bits per heavy atom. The van der Waals surface area contributed by atoms with Crippen LogP contribution in [0.1, 0.15) is 64.5 Å². The molecule has 0 bridgehead atoms. The molecule has 2 N–H and O–H groups in total. The van der Waals surface area contributed by atoms with Crippen LogP contribution in [-0.2, 0) is 11.8 Å². The molecule has 1 aromatic rings. The van der Waals surface area contributed by atoms with Crippen LogP contribution in [-0.4, -0.2) is 22.4 Å². The molecule has 6 atom stereocenters. The molecule has 0 radical (unpaired) electrons. The zero-order chi connectivity index (χ0) is 16.6. The number of hydrogen-bond donors (Lipinski definition) is 2. The third-order valence-electron chi connectivity index (χ3n) is 7.92. The van der Waals surface area contributed by atoms with Crippen molar-refractivity contribution in [3.05, 3.63) is 23.7 Å². The average molecular weight is 318 g/mol. The summed E-state index contributed by atoms with van der Waals surface area (Å²) in [4.78, 5) is 0. The number of rotatable bonds is 0. The van der Waals surface area contributed by atoms with Crippen molar-refractivity contribution >= 4 is 0 Å². The number of aliphatic hydroxyl groups is 2. The van der Waals surface area contributed by atoms with Crippen LogP contribution in [0.2, 0.25) is 0 Å². The Labute approximate surface area is 139 Å². The summed E-state index contributed by atoms with van der Waals surface area (Å²) >= 11 is 0. The number of fused-ring (bicyclic) bond motifs is 5. The summed E-state index contributed by atoms with van der Waals surface area (Å²) in [5.41, 5.74) is 2.10. The second-order valence-electron chi connectivity index (χ2n) is 9.49. The van der Waals surface area contributed by atoms with Gasteiger partial charge in [0.25, 0.3) is 0 Å². The first-order valence-electron chi connectivity index (χ1n) is 9.13. The van der Waals surface area contributed by atoms with Gasteiger partial charge in [-0.15, -0.1) is 0 Å². The van der Waals surface area contributed by atoms with Gasteiger partial charge in [-0.2, -0.15) is 0 Å². The van der Waals surface area contributed by atoms with E-state index in [-0.39, 0.29) is 16.7 Å². The fraction of sp³-hybridized carbons (Fsp3) is 0.800. The number of aliphatic hydroxyl groups excluding tert-OH is 2. The van der Waals surface area contributed by atoms with E-state index >= 15 is 0 Å². The van der Waals surface area contributed by atoms with Crippen LogP contribution in [0.25, 0.3) is 0 Å². The highest BCUT2D eigenvalue weighted by Gasteiger charge is 2.65. The quantitative estimate of drug-likeness (QED) is 0.767. The molecule has 0 amide bonds. The highest BCUT2D eigenvalue weighted by Crippen LogP contribution is 2.66. The summed E-state index contributed by atoms with van der Waals surface area (Å²) in [5.74, 6) is 0.549. The maximum Gasteiger partial charge on any atom is 0.0944 e. The first kappa shape index (κ1) is 15.7. The molecule has 4 rings (SSSR count). The number of furan rings is 1. The van der Waals surface area contributed by atoms with Crippen LogP contribution < -0.4 is 0 Å². The Balaban J connectivity index is 1.89. The van der Waals surface area contributed by atoms with Gasteiger partial charge in [-0.3, -0.25) is 0 Å². The minimum absolute atomic E-state index is 0.0735. The molecule has 2 saturated carbocycles. The molecule has 0 spiro atoms.